The zero-order valence-electron chi connectivity index (χ0n) is 16.5. The molecule has 0 saturated heterocycles. The highest BCUT2D eigenvalue weighted by Crippen LogP contribution is 2.34. The summed E-state index contributed by atoms with van der Waals surface area (Å²) >= 11 is 0. The zero-order valence-corrected chi connectivity index (χ0v) is 16.5. The van der Waals surface area contributed by atoms with Crippen LogP contribution < -0.4 is 14.8 Å². The second kappa shape index (κ2) is 8.18. The van der Waals surface area contributed by atoms with Crippen molar-refractivity contribution in [1.82, 2.24) is 10.2 Å². The van der Waals surface area contributed by atoms with E-state index in [1.54, 1.807) is 14.2 Å². The highest BCUT2D eigenvalue weighted by molar-refractivity contribution is 5.82. The Bertz CT molecular complexity index is 735. The summed E-state index contributed by atoms with van der Waals surface area (Å²) in [5, 5.41) is 12.7. The zero-order chi connectivity index (χ0) is 19.4. The number of benzene rings is 1. The average Bonchev–Trinajstić information content (AvgIpc) is 2.72. The third-order valence-electron chi connectivity index (χ3n) is 5.96. The molecule has 1 aromatic rings. The fourth-order valence-corrected chi connectivity index (χ4v) is 4.16. The molecule has 0 aromatic heterocycles. The van der Waals surface area contributed by atoms with Crippen LogP contribution in [0.4, 0.5) is 0 Å². The van der Waals surface area contributed by atoms with Gasteiger partial charge in [-0.05, 0) is 49.4 Å². The van der Waals surface area contributed by atoms with Crippen LogP contribution in [0.2, 0.25) is 0 Å². The molecular formula is C21H29N3O3. The van der Waals surface area contributed by atoms with Gasteiger partial charge in [-0.1, -0.05) is 19.3 Å². The summed E-state index contributed by atoms with van der Waals surface area (Å²) in [7, 11) is 3.27. The highest BCUT2D eigenvalue weighted by Gasteiger charge is 2.36. The first-order chi connectivity index (χ1) is 13.0. The lowest BCUT2D eigenvalue weighted by molar-refractivity contribution is -0.128. The lowest BCUT2D eigenvalue weighted by Crippen LogP contribution is -2.55. The predicted octanol–water partition coefficient (Wildman–Crippen LogP) is 2.79. The van der Waals surface area contributed by atoms with E-state index in [0.717, 1.165) is 56.4 Å². The van der Waals surface area contributed by atoms with Gasteiger partial charge < -0.3 is 14.8 Å². The monoisotopic (exact) mass is 371 g/mol. The first-order valence-corrected chi connectivity index (χ1v) is 9.73. The molecule has 146 valence electrons. The first kappa shape index (κ1) is 19.5. The van der Waals surface area contributed by atoms with Crippen molar-refractivity contribution in [2.75, 3.05) is 20.8 Å². The summed E-state index contributed by atoms with van der Waals surface area (Å²) < 4.78 is 10.8. The van der Waals surface area contributed by atoms with Crippen molar-refractivity contribution in [2.24, 2.45) is 0 Å². The van der Waals surface area contributed by atoms with E-state index in [9.17, 15) is 10.1 Å². The molecule has 6 heteroatoms. The van der Waals surface area contributed by atoms with Crippen LogP contribution in [0.25, 0.3) is 0 Å². The lowest BCUT2D eigenvalue weighted by atomic mass is 9.82. The molecule has 1 fully saturated rings. The number of fused-ring (bicyclic) bond motifs is 1. The number of nitrogens with zero attached hydrogens (tertiary/aromatic N) is 2. The standard InChI is InChI=1S/C21H29N3O3/c1-15(20(25)23-21(14-22)8-5-4-6-9-21)24-10-7-16-11-18(26-2)19(27-3)12-17(16)13-24/h11-12,15H,4-10,13H2,1-3H3,(H,23,25)/t15-/m1/s1. The minimum Gasteiger partial charge on any atom is -0.493 e. The Kier molecular flexibility index (Phi) is 5.91. The molecule has 1 heterocycles. The molecule has 1 amide bonds. The Morgan fingerprint density at radius 2 is 1.81 bits per heavy atom. The number of nitrogens with one attached hydrogen (secondary N) is 1. The van der Waals surface area contributed by atoms with E-state index in [0.29, 0.717) is 12.3 Å². The van der Waals surface area contributed by atoms with Crippen LogP contribution in [0, 0.1) is 11.3 Å². The molecule has 0 radical (unpaired) electrons. The van der Waals surface area contributed by atoms with Gasteiger partial charge in [0.15, 0.2) is 11.5 Å². The lowest BCUT2D eigenvalue weighted by Gasteiger charge is -2.37. The van der Waals surface area contributed by atoms with Gasteiger partial charge in [0.25, 0.3) is 0 Å². The number of hydrogen-bond donors (Lipinski definition) is 1. The third-order valence-corrected chi connectivity index (χ3v) is 5.96. The van der Waals surface area contributed by atoms with Crippen molar-refractivity contribution in [1.29, 1.82) is 5.26 Å². The largest absolute Gasteiger partial charge is 0.493 e. The SMILES string of the molecule is COc1cc2c(cc1OC)CN([C@H](C)C(=O)NC1(C#N)CCCCC1)CC2. The minimum atomic E-state index is -0.687. The Hall–Kier alpha value is -2.26. The summed E-state index contributed by atoms with van der Waals surface area (Å²) in [5.41, 5.74) is 1.71. The van der Waals surface area contributed by atoms with Crippen molar-refractivity contribution in [2.45, 2.75) is 63.6 Å². The second-order valence-corrected chi connectivity index (χ2v) is 7.62. The molecule has 1 atom stereocenters. The number of rotatable bonds is 5. The quantitative estimate of drug-likeness (QED) is 0.861. The molecule has 27 heavy (non-hydrogen) atoms. The van der Waals surface area contributed by atoms with Crippen LogP contribution in [0.1, 0.15) is 50.2 Å². The van der Waals surface area contributed by atoms with Gasteiger partial charge in [0, 0.05) is 13.1 Å². The number of ether oxygens (including phenoxy) is 2. The topological polar surface area (TPSA) is 74.6 Å². The fourth-order valence-electron chi connectivity index (χ4n) is 4.16. The second-order valence-electron chi connectivity index (χ2n) is 7.62. The van der Waals surface area contributed by atoms with Crippen LogP contribution in [-0.2, 0) is 17.8 Å². The van der Waals surface area contributed by atoms with Crippen LogP contribution in [-0.4, -0.2) is 43.2 Å². The Morgan fingerprint density at radius 1 is 1.19 bits per heavy atom. The summed E-state index contributed by atoms with van der Waals surface area (Å²) in [6.45, 7) is 3.41. The molecule has 6 nitrogen and oxygen atoms in total. The fraction of sp³-hybridized carbons (Fsp3) is 0.619. The summed E-state index contributed by atoms with van der Waals surface area (Å²) in [5.74, 6) is 1.40. The molecular weight excluding hydrogens is 342 g/mol. The third kappa shape index (κ3) is 4.03. The summed E-state index contributed by atoms with van der Waals surface area (Å²) in [6.07, 6.45) is 5.51. The van der Waals surface area contributed by atoms with Gasteiger partial charge in [0.05, 0.1) is 26.3 Å². The van der Waals surface area contributed by atoms with Crippen molar-refractivity contribution < 1.29 is 14.3 Å². The van der Waals surface area contributed by atoms with Gasteiger partial charge in [-0.25, -0.2) is 0 Å². The summed E-state index contributed by atoms with van der Waals surface area (Å²) in [4.78, 5) is 15.0. The number of amides is 1. The smallest absolute Gasteiger partial charge is 0.238 e. The van der Waals surface area contributed by atoms with Gasteiger partial charge in [0.2, 0.25) is 5.91 Å². The van der Waals surface area contributed by atoms with E-state index in [-0.39, 0.29) is 11.9 Å². The van der Waals surface area contributed by atoms with Gasteiger partial charge in [0.1, 0.15) is 5.54 Å². The molecule has 0 bridgehead atoms. The van der Waals surface area contributed by atoms with Gasteiger partial charge in [-0.3, -0.25) is 9.69 Å². The maximum absolute atomic E-state index is 12.9. The van der Waals surface area contributed by atoms with E-state index in [2.05, 4.69) is 16.3 Å². The van der Waals surface area contributed by atoms with Crippen molar-refractivity contribution in [3.8, 4) is 17.6 Å². The molecule has 1 N–H and O–H groups in total. The first-order valence-electron chi connectivity index (χ1n) is 9.73. The minimum absolute atomic E-state index is 0.0534. The number of carbonyl (C=O) groups excluding carboxylic acids is 1. The summed E-state index contributed by atoms with van der Waals surface area (Å²) in [6, 6.07) is 6.12. The van der Waals surface area contributed by atoms with E-state index in [4.69, 9.17) is 9.47 Å². The number of nitriles is 1. The molecule has 1 aromatic carbocycles. The molecule has 1 aliphatic heterocycles. The molecule has 1 saturated carbocycles. The molecule has 1 aliphatic carbocycles. The van der Waals surface area contributed by atoms with E-state index in [1.165, 1.54) is 5.56 Å². The van der Waals surface area contributed by atoms with Crippen molar-refractivity contribution >= 4 is 5.91 Å². The van der Waals surface area contributed by atoms with E-state index < -0.39 is 5.54 Å². The van der Waals surface area contributed by atoms with Crippen LogP contribution in [0.3, 0.4) is 0 Å². The molecule has 2 aliphatic rings. The maximum atomic E-state index is 12.9. The Labute approximate surface area is 161 Å². The molecule has 0 unspecified atom stereocenters. The van der Waals surface area contributed by atoms with Crippen molar-refractivity contribution in [3.05, 3.63) is 23.3 Å². The predicted molar refractivity (Wildman–Crippen MR) is 103 cm³/mol. The highest BCUT2D eigenvalue weighted by atomic mass is 16.5. The van der Waals surface area contributed by atoms with E-state index in [1.807, 2.05) is 19.1 Å². The van der Waals surface area contributed by atoms with Crippen LogP contribution >= 0.6 is 0 Å². The van der Waals surface area contributed by atoms with E-state index >= 15 is 0 Å². The van der Waals surface area contributed by atoms with Gasteiger partial charge >= 0.3 is 0 Å². The normalized spacial score (nSPS) is 20.1. The molecule has 3 rings (SSSR count). The number of hydrogen-bond acceptors (Lipinski definition) is 5. The average molecular weight is 371 g/mol. The Balaban J connectivity index is 1.70. The Morgan fingerprint density at radius 3 is 2.41 bits per heavy atom. The molecule has 0 spiro atoms. The maximum Gasteiger partial charge on any atom is 0.238 e. The van der Waals surface area contributed by atoms with Crippen LogP contribution in [0.15, 0.2) is 12.1 Å². The van der Waals surface area contributed by atoms with Gasteiger partial charge in [-0.15, -0.1) is 0 Å². The number of methoxy groups -OCH3 is 2. The van der Waals surface area contributed by atoms with Crippen LogP contribution in [0.5, 0.6) is 11.5 Å². The number of carbonyl (C=O) groups is 1. The van der Waals surface area contributed by atoms with Gasteiger partial charge in [-0.2, -0.15) is 5.26 Å². The van der Waals surface area contributed by atoms with Crippen molar-refractivity contribution in [3.63, 3.8) is 0 Å².